The lowest BCUT2D eigenvalue weighted by molar-refractivity contribution is 0.102. The van der Waals surface area contributed by atoms with Gasteiger partial charge in [-0.25, -0.2) is 0 Å². The van der Waals surface area contributed by atoms with Crippen molar-refractivity contribution in [3.05, 3.63) is 53.6 Å². The van der Waals surface area contributed by atoms with Crippen LogP contribution >= 0.6 is 0 Å². The third kappa shape index (κ3) is 6.61. The fraction of sp³-hybridized carbons (Fsp3) is 0.409. The van der Waals surface area contributed by atoms with Gasteiger partial charge in [-0.3, -0.25) is 4.79 Å². The molecule has 0 saturated heterocycles. The van der Waals surface area contributed by atoms with Gasteiger partial charge in [0.2, 0.25) is 0 Å². The number of hydrogen-bond donors (Lipinski definition) is 1. The monoisotopic (exact) mass is 370 g/mol. The Hall–Kier alpha value is -2.53. The predicted molar refractivity (Wildman–Crippen MR) is 110 cm³/mol. The minimum Gasteiger partial charge on any atom is -0.493 e. The molecule has 1 amide bonds. The molecule has 146 valence electrons. The van der Waals surface area contributed by atoms with Crippen LogP contribution in [0.5, 0.6) is 11.5 Å². The second kappa shape index (κ2) is 10.6. The van der Waals surface area contributed by atoms with Crippen LogP contribution in [-0.2, 0) is 6.42 Å². The van der Waals surface area contributed by atoms with Gasteiger partial charge in [0.25, 0.3) is 5.91 Å². The van der Waals surface area contributed by atoms with Crippen molar-refractivity contribution in [2.45, 2.75) is 26.2 Å². The lowest BCUT2D eigenvalue weighted by Crippen LogP contribution is -2.15. The molecule has 0 aliphatic heterocycles. The van der Waals surface area contributed by atoms with Crippen molar-refractivity contribution in [1.82, 2.24) is 4.90 Å². The molecule has 0 unspecified atom stereocenters. The number of unbranched alkanes of at least 4 members (excludes halogenated alkanes) is 1. The van der Waals surface area contributed by atoms with Gasteiger partial charge in [0.15, 0.2) is 11.5 Å². The highest BCUT2D eigenvalue weighted by Crippen LogP contribution is 2.28. The number of methoxy groups -OCH3 is 1. The first kappa shape index (κ1) is 20.8. The first-order valence-electron chi connectivity index (χ1n) is 9.39. The molecule has 2 aromatic carbocycles. The van der Waals surface area contributed by atoms with Crippen molar-refractivity contribution in [3.8, 4) is 11.5 Å². The van der Waals surface area contributed by atoms with E-state index < -0.39 is 0 Å². The van der Waals surface area contributed by atoms with E-state index in [1.807, 2.05) is 24.3 Å². The van der Waals surface area contributed by atoms with Gasteiger partial charge < -0.3 is 19.7 Å². The van der Waals surface area contributed by atoms with Gasteiger partial charge in [0.1, 0.15) is 0 Å². The minimum absolute atomic E-state index is 0.172. The first-order chi connectivity index (χ1) is 13.0. The number of rotatable bonds is 10. The third-order valence-corrected chi connectivity index (χ3v) is 4.24. The van der Waals surface area contributed by atoms with Crippen LogP contribution in [0, 0.1) is 0 Å². The fourth-order valence-electron chi connectivity index (χ4n) is 2.57. The SMILES string of the molecule is CCCCOc1ccc(C(=O)Nc2ccc(CCN(C)C)cc2)cc1OC. The summed E-state index contributed by atoms with van der Waals surface area (Å²) in [6.45, 7) is 3.75. The van der Waals surface area contributed by atoms with Gasteiger partial charge in [-0.05, 0) is 62.8 Å². The Kier molecular flexibility index (Phi) is 8.14. The molecule has 1 N–H and O–H groups in total. The standard InChI is InChI=1S/C22H30N2O3/c1-5-6-15-27-20-12-9-18(16-21(20)26-4)22(25)23-19-10-7-17(8-11-19)13-14-24(2)3/h7-12,16H,5-6,13-15H2,1-4H3,(H,23,25). The minimum atomic E-state index is -0.172. The molecule has 2 aromatic rings. The van der Waals surface area contributed by atoms with Gasteiger partial charge in [0, 0.05) is 17.8 Å². The Labute approximate surface area is 162 Å². The maximum atomic E-state index is 12.5. The Balaban J connectivity index is 2.00. The molecule has 0 atom stereocenters. The van der Waals surface area contributed by atoms with Crippen molar-refractivity contribution in [2.24, 2.45) is 0 Å². The van der Waals surface area contributed by atoms with Crippen molar-refractivity contribution in [3.63, 3.8) is 0 Å². The fourth-order valence-corrected chi connectivity index (χ4v) is 2.57. The molecule has 0 saturated carbocycles. The van der Waals surface area contributed by atoms with Gasteiger partial charge >= 0.3 is 0 Å². The zero-order chi connectivity index (χ0) is 19.6. The normalized spacial score (nSPS) is 10.7. The molecule has 0 heterocycles. The second-order valence-electron chi connectivity index (χ2n) is 6.77. The van der Waals surface area contributed by atoms with E-state index in [0.29, 0.717) is 23.7 Å². The number of anilines is 1. The topological polar surface area (TPSA) is 50.8 Å². The Bertz CT molecular complexity index is 727. The summed E-state index contributed by atoms with van der Waals surface area (Å²) in [6, 6.07) is 13.2. The summed E-state index contributed by atoms with van der Waals surface area (Å²) in [7, 11) is 5.70. The summed E-state index contributed by atoms with van der Waals surface area (Å²) in [6.07, 6.45) is 3.03. The van der Waals surface area contributed by atoms with Crippen molar-refractivity contribution in [1.29, 1.82) is 0 Å². The number of likely N-dealkylation sites (N-methyl/N-ethyl adjacent to an activating group) is 1. The summed E-state index contributed by atoms with van der Waals surface area (Å²) < 4.78 is 11.1. The largest absolute Gasteiger partial charge is 0.493 e. The van der Waals surface area contributed by atoms with Crippen LogP contribution in [0.3, 0.4) is 0 Å². The van der Waals surface area contributed by atoms with E-state index >= 15 is 0 Å². The van der Waals surface area contributed by atoms with E-state index in [1.54, 1.807) is 25.3 Å². The molecule has 0 radical (unpaired) electrons. The molecule has 27 heavy (non-hydrogen) atoms. The van der Waals surface area contributed by atoms with E-state index in [-0.39, 0.29) is 5.91 Å². The molecule has 0 aromatic heterocycles. The number of ether oxygens (including phenoxy) is 2. The average molecular weight is 370 g/mol. The molecule has 2 rings (SSSR count). The van der Waals surface area contributed by atoms with Crippen LogP contribution in [0.2, 0.25) is 0 Å². The molecular formula is C22H30N2O3. The predicted octanol–water partition coefficient (Wildman–Crippen LogP) is 4.23. The van der Waals surface area contributed by atoms with Gasteiger partial charge in [-0.1, -0.05) is 25.5 Å². The Morgan fingerprint density at radius 1 is 1.07 bits per heavy atom. The van der Waals surface area contributed by atoms with Crippen LogP contribution in [-0.4, -0.2) is 45.2 Å². The maximum absolute atomic E-state index is 12.5. The molecule has 5 nitrogen and oxygen atoms in total. The zero-order valence-electron chi connectivity index (χ0n) is 16.7. The molecule has 0 fully saturated rings. The summed E-state index contributed by atoms with van der Waals surface area (Å²) in [5.74, 6) is 1.06. The van der Waals surface area contributed by atoms with Gasteiger partial charge in [-0.15, -0.1) is 0 Å². The smallest absolute Gasteiger partial charge is 0.255 e. The summed E-state index contributed by atoms with van der Waals surface area (Å²) in [5.41, 5.74) is 2.55. The summed E-state index contributed by atoms with van der Waals surface area (Å²) in [4.78, 5) is 14.7. The van der Waals surface area contributed by atoms with E-state index in [2.05, 4.69) is 31.2 Å². The highest BCUT2D eigenvalue weighted by Gasteiger charge is 2.11. The van der Waals surface area contributed by atoms with Gasteiger partial charge in [-0.2, -0.15) is 0 Å². The number of carbonyl (C=O) groups is 1. The van der Waals surface area contributed by atoms with Crippen LogP contribution in [0.15, 0.2) is 42.5 Å². The molecule has 0 aliphatic rings. The molecular weight excluding hydrogens is 340 g/mol. The van der Waals surface area contributed by atoms with Crippen LogP contribution < -0.4 is 14.8 Å². The molecule has 5 heteroatoms. The summed E-state index contributed by atoms with van der Waals surface area (Å²) in [5, 5.41) is 2.93. The lowest BCUT2D eigenvalue weighted by Gasteiger charge is -2.12. The quantitative estimate of drug-likeness (QED) is 0.636. The highest BCUT2D eigenvalue weighted by atomic mass is 16.5. The van der Waals surface area contributed by atoms with Crippen molar-refractivity contribution in [2.75, 3.05) is 39.7 Å². The number of carbonyl (C=O) groups excluding carboxylic acids is 1. The Morgan fingerprint density at radius 2 is 1.81 bits per heavy atom. The zero-order valence-corrected chi connectivity index (χ0v) is 16.7. The van der Waals surface area contributed by atoms with E-state index in [4.69, 9.17) is 9.47 Å². The second-order valence-corrected chi connectivity index (χ2v) is 6.77. The van der Waals surface area contributed by atoms with E-state index in [9.17, 15) is 4.79 Å². The average Bonchev–Trinajstić information content (AvgIpc) is 2.67. The number of hydrogen-bond acceptors (Lipinski definition) is 4. The Morgan fingerprint density at radius 3 is 2.44 bits per heavy atom. The number of nitrogens with zero attached hydrogens (tertiary/aromatic N) is 1. The molecule has 0 spiro atoms. The number of amides is 1. The number of nitrogens with one attached hydrogen (secondary N) is 1. The van der Waals surface area contributed by atoms with E-state index in [1.165, 1.54) is 5.56 Å². The van der Waals surface area contributed by atoms with Crippen LogP contribution in [0.4, 0.5) is 5.69 Å². The molecule has 0 aliphatic carbocycles. The first-order valence-corrected chi connectivity index (χ1v) is 9.39. The van der Waals surface area contributed by atoms with Crippen molar-refractivity contribution >= 4 is 11.6 Å². The van der Waals surface area contributed by atoms with Crippen LogP contribution in [0.1, 0.15) is 35.7 Å². The lowest BCUT2D eigenvalue weighted by atomic mass is 10.1. The van der Waals surface area contributed by atoms with E-state index in [0.717, 1.165) is 31.5 Å². The van der Waals surface area contributed by atoms with Gasteiger partial charge in [0.05, 0.1) is 13.7 Å². The van der Waals surface area contributed by atoms with Crippen LogP contribution in [0.25, 0.3) is 0 Å². The third-order valence-electron chi connectivity index (χ3n) is 4.24. The highest BCUT2D eigenvalue weighted by molar-refractivity contribution is 6.04. The molecule has 0 bridgehead atoms. The number of benzene rings is 2. The van der Waals surface area contributed by atoms with Crippen molar-refractivity contribution < 1.29 is 14.3 Å². The summed E-state index contributed by atoms with van der Waals surface area (Å²) >= 11 is 0. The maximum Gasteiger partial charge on any atom is 0.255 e.